The molecule has 0 heterocycles. The topological polar surface area (TPSA) is 44.0 Å². The maximum absolute atomic E-state index is 13.4. The van der Waals surface area contributed by atoms with Gasteiger partial charge in [-0.25, -0.2) is 4.39 Å². The molecule has 17 heavy (non-hydrogen) atoms. The van der Waals surface area contributed by atoms with Gasteiger partial charge >= 0.3 is 0 Å². The van der Waals surface area contributed by atoms with Gasteiger partial charge in [-0.05, 0) is 17.2 Å². The van der Waals surface area contributed by atoms with E-state index in [4.69, 9.17) is 10.4 Å². The Labute approximate surface area is 98.6 Å². The van der Waals surface area contributed by atoms with Crippen LogP contribution in [0.15, 0.2) is 42.5 Å². The molecule has 84 valence electrons. The predicted molar refractivity (Wildman–Crippen MR) is 62.5 cm³/mol. The average molecular weight is 227 g/mol. The molecule has 0 aromatic heterocycles. The molecule has 2 rings (SSSR count). The van der Waals surface area contributed by atoms with E-state index >= 15 is 0 Å². The Hall–Kier alpha value is -2.18. The van der Waals surface area contributed by atoms with Crippen LogP contribution in [0.3, 0.4) is 0 Å². The smallest absolute Gasteiger partial charge is 0.141 e. The number of hydrogen-bond acceptors (Lipinski definition) is 2. The Bertz CT molecular complexity index is 570. The minimum Gasteiger partial charge on any atom is -0.392 e. The Morgan fingerprint density at radius 2 is 1.82 bits per heavy atom. The third kappa shape index (κ3) is 2.17. The van der Waals surface area contributed by atoms with Gasteiger partial charge in [0.25, 0.3) is 0 Å². The summed E-state index contributed by atoms with van der Waals surface area (Å²) in [5, 5.41) is 17.9. The number of nitrogens with zero attached hydrogens (tertiary/aromatic N) is 1. The standard InChI is InChI=1S/C14H10FNO/c15-14-3-1-2-12(13(14)8-16)11-6-4-10(9-17)5-7-11/h1-7,17H,9H2. The first-order valence-corrected chi connectivity index (χ1v) is 5.15. The molecule has 0 unspecified atom stereocenters. The summed E-state index contributed by atoms with van der Waals surface area (Å²) in [6, 6.07) is 13.4. The fraction of sp³-hybridized carbons (Fsp3) is 0.0714. The lowest BCUT2D eigenvalue weighted by molar-refractivity contribution is 0.282. The molecule has 3 heteroatoms. The fourth-order valence-corrected chi connectivity index (χ4v) is 1.67. The van der Waals surface area contributed by atoms with Crippen molar-refractivity contribution in [3.05, 3.63) is 59.4 Å². The molecule has 2 aromatic rings. The van der Waals surface area contributed by atoms with Crippen LogP contribution in [0, 0.1) is 17.1 Å². The average Bonchev–Trinajstić information content (AvgIpc) is 2.38. The van der Waals surface area contributed by atoms with Crippen LogP contribution in [-0.4, -0.2) is 5.11 Å². The summed E-state index contributed by atoms with van der Waals surface area (Å²) in [5.74, 6) is -0.517. The Morgan fingerprint density at radius 3 is 2.41 bits per heavy atom. The molecule has 0 radical (unpaired) electrons. The number of nitriles is 1. The molecule has 0 spiro atoms. The van der Waals surface area contributed by atoms with Crippen molar-refractivity contribution >= 4 is 0 Å². The van der Waals surface area contributed by atoms with E-state index in [2.05, 4.69) is 0 Å². The normalized spacial score (nSPS) is 9.94. The van der Waals surface area contributed by atoms with Crippen molar-refractivity contribution in [1.82, 2.24) is 0 Å². The first kappa shape index (κ1) is 11.3. The van der Waals surface area contributed by atoms with Gasteiger partial charge in [-0.15, -0.1) is 0 Å². The van der Waals surface area contributed by atoms with Crippen LogP contribution in [0.5, 0.6) is 0 Å². The maximum atomic E-state index is 13.4. The highest BCUT2D eigenvalue weighted by atomic mass is 19.1. The van der Waals surface area contributed by atoms with Crippen LogP contribution in [0.25, 0.3) is 11.1 Å². The maximum Gasteiger partial charge on any atom is 0.141 e. The van der Waals surface area contributed by atoms with E-state index in [1.54, 1.807) is 36.4 Å². The minimum atomic E-state index is -0.517. The van der Waals surface area contributed by atoms with Crippen molar-refractivity contribution in [3.8, 4) is 17.2 Å². The summed E-state index contributed by atoms with van der Waals surface area (Å²) in [6.07, 6.45) is 0. The molecule has 0 amide bonds. The van der Waals surface area contributed by atoms with Gasteiger partial charge in [-0.3, -0.25) is 0 Å². The summed E-state index contributed by atoms with van der Waals surface area (Å²) >= 11 is 0. The van der Waals surface area contributed by atoms with Crippen molar-refractivity contribution in [1.29, 1.82) is 5.26 Å². The van der Waals surface area contributed by atoms with Crippen LogP contribution in [0.4, 0.5) is 4.39 Å². The number of benzene rings is 2. The monoisotopic (exact) mass is 227 g/mol. The largest absolute Gasteiger partial charge is 0.392 e. The Morgan fingerprint density at radius 1 is 1.12 bits per heavy atom. The van der Waals surface area contributed by atoms with E-state index in [1.807, 2.05) is 6.07 Å². The zero-order chi connectivity index (χ0) is 12.3. The second-order valence-electron chi connectivity index (χ2n) is 3.63. The molecule has 0 saturated heterocycles. The molecular weight excluding hydrogens is 217 g/mol. The van der Waals surface area contributed by atoms with E-state index in [-0.39, 0.29) is 12.2 Å². The molecule has 0 atom stereocenters. The molecule has 2 nitrogen and oxygen atoms in total. The van der Waals surface area contributed by atoms with E-state index in [9.17, 15) is 4.39 Å². The lowest BCUT2D eigenvalue weighted by Crippen LogP contribution is -1.90. The predicted octanol–water partition coefficient (Wildman–Crippen LogP) is 2.86. The quantitative estimate of drug-likeness (QED) is 0.857. The Kier molecular flexibility index (Phi) is 3.17. The highest BCUT2D eigenvalue weighted by Crippen LogP contribution is 2.25. The zero-order valence-corrected chi connectivity index (χ0v) is 9.02. The highest BCUT2D eigenvalue weighted by Gasteiger charge is 2.09. The summed E-state index contributed by atoms with van der Waals surface area (Å²) in [4.78, 5) is 0. The molecule has 0 saturated carbocycles. The summed E-state index contributed by atoms with van der Waals surface area (Å²) in [5.41, 5.74) is 2.16. The number of aliphatic hydroxyl groups is 1. The number of rotatable bonds is 2. The lowest BCUT2D eigenvalue weighted by Gasteiger charge is -2.05. The summed E-state index contributed by atoms with van der Waals surface area (Å²) in [6.45, 7) is -0.0332. The van der Waals surface area contributed by atoms with Crippen molar-refractivity contribution in [2.24, 2.45) is 0 Å². The van der Waals surface area contributed by atoms with Gasteiger partial charge in [0.2, 0.25) is 0 Å². The van der Waals surface area contributed by atoms with Crippen LogP contribution >= 0.6 is 0 Å². The lowest BCUT2D eigenvalue weighted by atomic mass is 9.99. The molecule has 0 fully saturated rings. The number of halogens is 1. The fourth-order valence-electron chi connectivity index (χ4n) is 1.67. The molecular formula is C14H10FNO. The molecule has 0 bridgehead atoms. The van der Waals surface area contributed by atoms with Gasteiger partial charge in [0.05, 0.1) is 12.2 Å². The van der Waals surface area contributed by atoms with E-state index in [1.165, 1.54) is 6.07 Å². The van der Waals surface area contributed by atoms with Crippen molar-refractivity contribution in [2.75, 3.05) is 0 Å². The van der Waals surface area contributed by atoms with Crippen LogP contribution in [0.1, 0.15) is 11.1 Å². The molecule has 1 N–H and O–H groups in total. The number of aliphatic hydroxyl groups excluding tert-OH is 1. The van der Waals surface area contributed by atoms with E-state index in [0.29, 0.717) is 5.56 Å². The van der Waals surface area contributed by atoms with Gasteiger partial charge in [0.1, 0.15) is 11.9 Å². The van der Waals surface area contributed by atoms with Gasteiger partial charge in [-0.2, -0.15) is 5.26 Å². The van der Waals surface area contributed by atoms with Crippen molar-refractivity contribution in [3.63, 3.8) is 0 Å². The Balaban J connectivity index is 2.53. The van der Waals surface area contributed by atoms with Crippen molar-refractivity contribution < 1.29 is 9.50 Å². The molecule has 0 aliphatic carbocycles. The van der Waals surface area contributed by atoms with Crippen LogP contribution < -0.4 is 0 Å². The summed E-state index contributed by atoms with van der Waals surface area (Å²) in [7, 11) is 0. The number of hydrogen-bond donors (Lipinski definition) is 1. The first-order valence-electron chi connectivity index (χ1n) is 5.15. The van der Waals surface area contributed by atoms with Crippen LogP contribution in [0.2, 0.25) is 0 Å². The molecule has 0 aliphatic rings. The van der Waals surface area contributed by atoms with Gasteiger partial charge in [-0.1, -0.05) is 36.4 Å². The second-order valence-corrected chi connectivity index (χ2v) is 3.63. The van der Waals surface area contributed by atoms with E-state index in [0.717, 1.165) is 11.1 Å². The van der Waals surface area contributed by atoms with Gasteiger partial charge in [0, 0.05) is 5.56 Å². The first-order chi connectivity index (χ1) is 8.26. The second kappa shape index (κ2) is 4.77. The SMILES string of the molecule is N#Cc1c(F)cccc1-c1ccc(CO)cc1. The van der Waals surface area contributed by atoms with E-state index < -0.39 is 5.82 Å². The zero-order valence-electron chi connectivity index (χ0n) is 9.02. The highest BCUT2D eigenvalue weighted by molar-refractivity contribution is 5.70. The third-order valence-corrected chi connectivity index (χ3v) is 2.57. The van der Waals surface area contributed by atoms with Crippen LogP contribution in [-0.2, 0) is 6.61 Å². The van der Waals surface area contributed by atoms with Gasteiger partial charge in [0.15, 0.2) is 0 Å². The summed E-state index contributed by atoms with van der Waals surface area (Å²) < 4.78 is 13.4. The van der Waals surface area contributed by atoms with Crippen molar-refractivity contribution in [2.45, 2.75) is 6.61 Å². The molecule has 0 aliphatic heterocycles. The van der Waals surface area contributed by atoms with Gasteiger partial charge < -0.3 is 5.11 Å². The minimum absolute atomic E-state index is 0.0332. The molecule has 2 aromatic carbocycles. The third-order valence-electron chi connectivity index (χ3n) is 2.57.